The van der Waals surface area contributed by atoms with Crippen LogP contribution in [0.5, 0.6) is 0 Å². The summed E-state index contributed by atoms with van der Waals surface area (Å²) in [6, 6.07) is -0.627. The van der Waals surface area contributed by atoms with Gasteiger partial charge in [-0.05, 0) is 64.2 Å². The van der Waals surface area contributed by atoms with Crippen LogP contribution in [0.4, 0.5) is 0 Å². The monoisotopic (exact) mass is 1180 g/mol. The van der Waals surface area contributed by atoms with E-state index < -0.39 is 12.1 Å². The van der Waals surface area contributed by atoms with Crippen molar-refractivity contribution < 1.29 is 24.5 Å². The molecule has 0 saturated carbocycles. The van der Waals surface area contributed by atoms with Crippen LogP contribution in [0.25, 0.3) is 0 Å². The van der Waals surface area contributed by atoms with Crippen LogP contribution in [0.15, 0.2) is 36.5 Å². The van der Waals surface area contributed by atoms with Crippen molar-refractivity contribution in [2.75, 3.05) is 13.2 Å². The fraction of sp³-hybridized carbons (Fsp3) is 0.897. The SMILES string of the molecule is CCCCC/C=C\C/C=C\CCCCCCCC(=O)OCCCCCCCCCCCCCCCCCCCCCCCCCCCCCCC(=O)NC(CO)C(O)/C=C/CCCCCCCCCCCCCCCCCCCCCCCC. The summed E-state index contributed by atoms with van der Waals surface area (Å²) < 4.78 is 5.49. The molecular formula is C78H149NO5. The molecule has 84 heavy (non-hydrogen) atoms. The van der Waals surface area contributed by atoms with E-state index in [0.717, 1.165) is 51.4 Å². The third-order valence-corrected chi connectivity index (χ3v) is 17.9. The van der Waals surface area contributed by atoms with E-state index >= 15 is 0 Å². The average Bonchev–Trinajstić information content (AvgIpc) is 3.51. The summed E-state index contributed by atoms with van der Waals surface area (Å²) in [6.07, 6.45) is 95.3. The van der Waals surface area contributed by atoms with Gasteiger partial charge in [0.2, 0.25) is 5.91 Å². The van der Waals surface area contributed by atoms with Crippen molar-refractivity contribution in [3.8, 4) is 0 Å². The Morgan fingerprint density at radius 2 is 0.595 bits per heavy atom. The normalized spacial score (nSPS) is 12.7. The maximum atomic E-state index is 12.5. The number of ether oxygens (including phenoxy) is 1. The third-order valence-electron chi connectivity index (χ3n) is 17.9. The topological polar surface area (TPSA) is 95.9 Å². The highest BCUT2D eigenvalue weighted by molar-refractivity contribution is 5.76. The van der Waals surface area contributed by atoms with Crippen molar-refractivity contribution in [1.29, 1.82) is 0 Å². The van der Waals surface area contributed by atoms with Crippen LogP contribution in [0.3, 0.4) is 0 Å². The number of hydrogen-bond donors (Lipinski definition) is 3. The molecule has 0 aliphatic carbocycles. The first-order chi connectivity index (χ1) is 41.5. The van der Waals surface area contributed by atoms with Gasteiger partial charge in [0.15, 0.2) is 0 Å². The highest BCUT2D eigenvalue weighted by atomic mass is 16.5. The lowest BCUT2D eigenvalue weighted by atomic mass is 10.0. The minimum absolute atomic E-state index is 0.00508. The van der Waals surface area contributed by atoms with Gasteiger partial charge in [0.05, 0.1) is 25.4 Å². The molecule has 1 amide bonds. The Bertz CT molecular complexity index is 1360. The van der Waals surface area contributed by atoms with Crippen LogP contribution in [-0.4, -0.2) is 47.4 Å². The van der Waals surface area contributed by atoms with Crippen LogP contribution in [-0.2, 0) is 14.3 Å². The van der Waals surface area contributed by atoms with Gasteiger partial charge in [0.25, 0.3) is 0 Å². The average molecular weight is 1180 g/mol. The Labute approximate surface area is 525 Å². The van der Waals surface area contributed by atoms with E-state index in [1.807, 2.05) is 6.08 Å². The number of nitrogens with one attached hydrogen (secondary N) is 1. The van der Waals surface area contributed by atoms with E-state index in [0.29, 0.717) is 19.4 Å². The first-order valence-electron chi connectivity index (χ1n) is 38.3. The van der Waals surface area contributed by atoms with E-state index in [2.05, 4.69) is 43.5 Å². The standard InChI is InChI=1S/C78H149NO5/c1-3-5-7-9-11-13-15-17-19-20-21-22-23-30-33-36-39-43-46-50-54-58-62-66-70-76(81)75(74-80)79-77(82)71-67-63-59-55-51-47-44-40-37-34-31-28-26-24-25-27-29-32-35-38-41-45-49-53-57-61-65-69-73-84-78(83)72-68-64-60-56-52-48-42-18-16-14-12-10-8-6-4-2/h12,14,18,42,66,70,75-76,80-81H,3-11,13,15-17,19-41,43-65,67-69,71-74H2,1-2H3,(H,79,82)/b14-12-,42-18-,70-66+. The van der Waals surface area contributed by atoms with E-state index in [4.69, 9.17) is 4.74 Å². The molecule has 0 saturated heterocycles. The fourth-order valence-corrected chi connectivity index (χ4v) is 12.1. The van der Waals surface area contributed by atoms with Crippen LogP contribution in [0.1, 0.15) is 425 Å². The molecule has 2 atom stereocenters. The fourth-order valence-electron chi connectivity index (χ4n) is 12.1. The lowest BCUT2D eigenvalue weighted by Gasteiger charge is -2.20. The molecule has 6 nitrogen and oxygen atoms in total. The molecule has 496 valence electrons. The predicted octanol–water partition coefficient (Wildman–Crippen LogP) is 25.0. The van der Waals surface area contributed by atoms with E-state index in [1.165, 1.54) is 347 Å². The first kappa shape index (κ1) is 82.1. The zero-order chi connectivity index (χ0) is 60.6. The molecule has 0 aliphatic heterocycles. The zero-order valence-corrected chi connectivity index (χ0v) is 56.9. The highest BCUT2D eigenvalue weighted by Gasteiger charge is 2.18. The van der Waals surface area contributed by atoms with Gasteiger partial charge in [0, 0.05) is 12.8 Å². The second kappa shape index (κ2) is 73.5. The van der Waals surface area contributed by atoms with Gasteiger partial charge in [-0.25, -0.2) is 0 Å². The molecule has 0 aliphatic rings. The summed E-state index contributed by atoms with van der Waals surface area (Å²) in [5.41, 5.74) is 0. The Hall–Kier alpha value is -1.92. The van der Waals surface area contributed by atoms with Crippen LogP contribution in [0, 0.1) is 0 Å². The Morgan fingerprint density at radius 3 is 0.929 bits per heavy atom. The number of rotatable bonds is 72. The quantitative estimate of drug-likeness (QED) is 0.0320. The minimum Gasteiger partial charge on any atom is -0.466 e. The van der Waals surface area contributed by atoms with Gasteiger partial charge in [-0.3, -0.25) is 9.59 Å². The maximum Gasteiger partial charge on any atom is 0.305 e. The summed E-state index contributed by atoms with van der Waals surface area (Å²) in [7, 11) is 0. The summed E-state index contributed by atoms with van der Waals surface area (Å²) in [4.78, 5) is 24.6. The molecule has 0 bridgehead atoms. The summed E-state index contributed by atoms with van der Waals surface area (Å²) in [5.74, 6) is -0.0551. The van der Waals surface area contributed by atoms with Crippen LogP contribution >= 0.6 is 0 Å². The van der Waals surface area contributed by atoms with Gasteiger partial charge in [-0.2, -0.15) is 0 Å². The van der Waals surface area contributed by atoms with Crippen LogP contribution < -0.4 is 5.32 Å². The van der Waals surface area contributed by atoms with Crippen molar-refractivity contribution in [3.05, 3.63) is 36.5 Å². The molecular weight excluding hydrogens is 1030 g/mol. The summed E-state index contributed by atoms with van der Waals surface area (Å²) in [5, 5.41) is 23.3. The van der Waals surface area contributed by atoms with E-state index in [-0.39, 0.29) is 18.5 Å². The molecule has 0 heterocycles. The number of esters is 1. The van der Waals surface area contributed by atoms with Crippen molar-refractivity contribution >= 4 is 11.9 Å². The molecule has 0 radical (unpaired) electrons. The molecule has 3 N–H and O–H groups in total. The van der Waals surface area contributed by atoms with Gasteiger partial charge in [-0.1, -0.05) is 384 Å². The number of carbonyl (C=O) groups is 2. The van der Waals surface area contributed by atoms with Gasteiger partial charge >= 0.3 is 5.97 Å². The second-order valence-electron chi connectivity index (χ2n) is 26.3. The summed E-state index contributed by atoms with van der Waals surface area (Å²) in [6.45, 7) is 4.92. The van der Waals surface area contributed by atoms with Gasteiger partial charge in [0.1, 0.15) is 0 Å². The number of hydrogen-bond acceptors (Lipinski definition) is 5. The molecule has 2 unspecified atom stereocenters. The molecule has 0 aromatic carbocycles. The predicted molar refractivity (Wildman–Crippen MR) is 370 cm³/mol. The number of carbonyl (C=O) groups excluding carboxylic acids is 2. The first-order valence-corrected chi connectivity index (χ1v) is 38.3. The minimum atomic E-state index is -0.844. The maximum absolute atomic E-state index is 12.5. The molecule has 0 aromatic heterocycles. The number of amides is 1. The molecule has 0 fully saturated rings. The second-order valence-corrected chi connectivity index (χ2v) is 26.3. The van der Waals surface area contributed by atoms with Crippen molar-refractivity contribution in [1.82, 2.24) is 5.32 Å². The largest absolute Gasteiger partial charge is 0.466 e. The molecule has 6 heteroatoms. The Kier molecular flexibility index (Phi) is 71.9. The van der Waals surface area contributed by atoms with Gasteiger partial charge < -0.3 is 20.3 Å². The lowest BCUT2D eigenvalue weighted by Crippen LogP contribution is -2.45. The lowest BCUT2D eigenvalue weighted by molar-refractivity contribution is -0.143. The zero-order valence-electron chi connectivity index (χ0n) is 56.9. The highest BCUT2D eigenvalue weighted by Crippen LogP contribution is 2.19. The van der Waals surface area contributed by atoms with Crippen molar-refractivity contribution in [2.24, 2.45) is 0 Å². The molecule has 0 spiro atoms. The molecule has 0 aromatic rings. The van der Waals surface area contributed by atoms with Crippen molar-refractivity contribution in [3.63, 3.8) is 0 Å². The number of aliphatic hydroxyl groups is 2. The number of unbranched alkanes of at least 4 members (excludes halogenated alkanes) is 57. The van der Waals surface area contributed by atoms with Crippen molar-refractivity contribution in [2.45, 2.75) is 437 Å². The van der Waals surface area contributed by atoms with Gasteiger partial charge in [-0.15, -0.1) is 0 Å². The smallest absolute Gasteiger partial charge is 0.305 e. The molecule has 0 rings (SSSR count). The Balaban J connectivity index is 3.38. The third kappa shape index (κ3) is 69.2. The Morgan fingerprint density at radius 1 is 0.333 bits per heavy atom. The number of aliphatic hydroxyl groups excluding tert-OH is 2. The summed E-state index contributed by atoms with van der Waals surface area (Å²) >= 11 is 0. The van der Waals surface area contributed by atoms with E-state index in [9.17, 15) is 19.8 Å². The van der Waals surface area contributed by atoms with Crippen LogP contribution in [0.2, 0.25) is 0 Å². The van der Waals surface area contributed by atoms with E-state index in [1.54, 1.807) is 6.08 Å². The number of allylic oxidation sites excluding steroid dienone is 5.